The van der Waals surface area contributed by atoms with Crippen LogP contribution in [-0.4, -0.2) is 35.0 Å². The molecule has 2 aromatic rings. The first-order valence-electron chi connectivity index (χ1n) is 9.00. The summed E-state index contributed by atoms with van der Waals surface area (Å²) in [6.07, 6.45) is 6.65. The number of piperazine rings is 1. The quantitative estimate of drug-likeness (QED) is 0.897. The lowest BCUT2D eigenvalue weighted by atomic mass is 10.0. The van der Waals surface area contributed by atoms with E-state index in [1.54, 1.807) is 6.20 Å². The van der Waals surface area contributed by atoms with Gasteiger partial charge < -0.3 is 15.5 Å². The molecule has 1 aliphatic carbocycles. The smallest absolute Gasteiger partial charge is 0.247 e. The van der Waals surface area contributed by atoms with Gasteiger partial charge in [0.1, 0.15) is 11.9 Å². The van der Waals surface area contributed by atoms with Gasteiger partial charge in [-0.1, -0.05) is 43.2 Å². The van der Waals surface area contributed by atoms with Crippen LogP contribution in [0.2, 0.25) is 0 Å². The van der Waals surface area contributed by atoms with Crippen LogP contribution in [0.5, 0.6) is 0 Å². The monoisotopic (exact) mass is 337 g/mol. The van der Waals surface area contributed by atoms with E-state index in [0.717, 1.165) is 17.9 Å². The van der Waals surface area contributed by atoms with Crippen molar-refractivity contribution < 1.29 is 4.79 Å². The van der Waals surface area contributed by atoms with Gasteiger partial charge in [-0.3, -0.25) is 4.79 Å². The predicted molar refractivity (Wildman–Crippen MR) is 97.4 cm³/mol. The highest BCUT2D eigenvalue weighted by atomic mass is 16.2. The van der Waals surface area contributed by atoms with Crippen molar-refractivity contribution in [3.8, 4) is 0 Å². The third kappa shape index (κ3) is 3.43. The lowest BCUT2D eigenvalue weighted by molar-refractivity contribution is -0.123. The zero-order chi connectivity index (χ0) is 17.1. The van der Waals surface area contributed by atoms with Gasteiger partial charge in [-0.05, 0) is 24.5 Å². The number of rotatable bonds is 4. The van der Waals surface area contributed by atoms with Crippen LogP contribution >= 0.6 is 0 Å². The molecule has 2 fully saturated rings. The zero-order valence-corrected chi connectivity index (χ0v) is 14.2. The fourth-order valence-electron chi connectivity index (χ4n) is 3.71. The number of hydrogen-bond donors (Lipinski definition) is 2. The highest BCUT2D eigenvalue weighted by molar-refractivity contribution is 5.87. The Bertz CT molecular complexity index is 730. The minimum atomic E-state index is -0.357. The molecule has 130 valence electrons. The van der Waals surface area contributed by atoms with E-state index in [9.17, 15) is 4.79 Å². The number of carbonyl (C=O) groups excluding carboxylic acids is 1. The molecule has 1 unspecified atom stereocenters. The summed E-state index contributed by atoms with van der Waals surface area (Å²) in [4.78, 5) is 23.7. The Morgan fingerprint density at radius 3 is 2.72 bits per heavy atom. The van der Waals surface area contributed by atoms with E-state index in [1.807, 2.05) is 36.4 Å². The van der Waals surface area contributed by atoms with Crippen LogP contribution in [0.4, 0.5) is 11.8 Å². The van der Waals surface area contributed by atoms with Crippen molar-refractivity contribution in [2.75, 3.05) is 23.3 Å². The normalized spacial score (nSPS) is 21.2. The summed E-state index contributed by atoms with van der Waals surface area (Å²) in [5, 5.41) is 6.40. The summed E-state index contributed by atoms with van der Waals surface area (Å²) < 4.78 is 0. The molecule has 1 aliphatic heterocycles. The molecule has 25 heavy (non-hydrogen) atoms. The Balaban J connectivity index is 1.61. The van der Waals surface area contributed by atoms with Crippen LogP contribution in [0.25, 0.3) is 0 Å². The van der Waals surface area contributed by atoms with Crippen LogP contribution in [-0.2, 0) is 4.79 Å². The summed E-state index contributed by atoms with van der Waals surface area (Å²) in [7, 11) is 0. The first-order valence-corrected chi connectivity index (χ1v) is 9.00. The molecule has 2 aliphatic rings. The molecule has 1 aromatic carbocycles. The maximum Gasteiger partial charge on any atom is 0.247 e. The van der Waals surface area contributed by atoms with Crippen molar-refractivity contribution in [1.82, 2.24) is 15.3 Å². The van der Waals surface area contributed by atoms with E-state index in [1.165, 1.54) is 25.7 Å². The van der Waals surface area contributed by atoms with E-state index < -0.39 is 0 Å². The number of carbonyl (C=O) groups is 1. The SMILES string of the molecule is O=C1NCCN(c2ccnc(NC3CCCC3)n2)C1c1ccccc1. The predicted octanol–water partition coefficient (Wildman–Crippen LogP) is 2.51. The van der Waals surface area contributed by atoms with E-state index in [-0.39, 0.29) is 11.9 Å². The van der Waals surface area contributed by atoms with Crippen LogP contribution in [0.15, 0.2) is 42.6 Å². The molecular weight excluding hydrogens is 314 g/mol. The van der Waals surface area contributed by atoms with Crippen LogP contribution in [0.3, 0.4) is 0 Å². The summed E-state index contributed by atoms with van der Waals surface area (Å²) in [6.45, 7) is 1.35. The molecule has 2 N–H and O–H groups in total. The third-order valence-corrected chi connectivity index (χ3v) is 4.95. The molecule has 1 saturated heterocycles. The minimum absolute atomic E-state index is 0.0152. The van der Waals surface area contributed by atoms with Crippen LogP contribution in [0.1, 0.15) is 37.3 Å². The maximum atomic E-state index is 12.5. The maximum absolute atomic E-state index is 12.5. The second-order valence-electron chi connectivity index (χ2n) is 6.66. The van der Waals surface area contributed by atoms with Gasteiger partial charge >= 0.3 is 0 Å². The van der Waals surface area contributed by atoms with Gasteiger partial charge in [0, 0.05) is 25.3 Å². The van der Waals surface area contributed by atoms with Gasteiger partial charge in [0.05, 0.1) is 0 Å². The second-order valence-corrected chi connectivity index (χ2v) is 6.66. The molecule has 0 spiro atoms. The van der Waals surface area contributed by atoms with Gasteiger partial charge in [0.25, 0.3) is 0 Å². The van der Waals surface area contributed by atoms with Gasteiger partial charge in [0.2, 0.25) is 11.9 Å². The summed E-state index contributed by atoms with van der Waals surface area (Å²) in [5.41, 5.74) is 0.976. The standard InChI is InChI=1S/C19H23N5O/c25-18-17(14-6-2-1-3-7-14)24(13-12-20-18)16-10-11-21-19(23-16)22-15-8-4-5-9-15/h1-3,6-7,10-11,15,17H,4-5,8-9,12-13H2,(H,20,25)(H,21,22,23). The number of aromatic nitrogens is 2. The van der Waals surface area contributed by atoms with Crippen molar-refractivity contribution in [1.29, 1.82) is 0 Å². The molecule has 4 rings (SSSR count). The fourth-order valence-corrected chi connectivity index (χ4v) is 3.71. The summed E-state index contributed by atoms with van der Waals surface area (Å²) in [6, 6.07) is 11.8. The number of nitrogens with zero attached hydrogens (tertiary/aromatic N) is 3. The molecule has 0 bridgehead atoms. The van der Waals surface area contributed by atoms with Gasteiger partial charge in [0.15, 0.2) is 0 Å². The number of hydrogen-bond acceptors (Lipinski definition) is 5. The van der Waals surface area contributed by atoms with Gasteiger partial charge in [-0.2, -0.15) is 4.98 Å². The lowest BCUT2D eigenvalue weighted by Crippen LogP contribution is -2.50. The highest BCUT2D eigenvalue weighted by Crippen LogP contribution is 2.28. The molecule has 2 heterocycles. The van der Waals surface area contributed by atoms with Crippen molar-refractivity contribution in [3.63, 3.8) is 0 Å². The number of nitrogens with one attached hydrogen (secondary N) is 2. The number of amides is 1. The first kappa shape index (κ1) is 15.9. The zero-order valence-electron chi connectivity index (χ0n) is 14.2. The Morgan fingerprint density at radius 2 is 1.92 bits per heavy atom. The molecule has 6 nitrogen and oxygen atoms in total. The Labute approximate surface area is 147 Å². The topological polar surface area (TPSA) is 70.2 Å². The molecule has 0 radical (unpaired) electrons. The molecule has 6 heteroatoms. The molecule has 1 amide bonds. The second kappa shape index (κ2) is 7.09. The molecular formula is C19H23N5O. The molecule has 1 saturated carbocycles. The van der Waals surface area contributed by atoms with Crippen LogP contribution in [0, 0.1) is 0 Å². The molecule has 1 aromatic heterocycles. The fraction of sp³-hybridized carbons (Fsp3) is 0.421. The lowest BCUT2D eigenvalue weighted by Gasteiger charge is -2.36. The van der Waals surface area contributed by atoms with Gasteiger partial charge in [-0.15, -0.1) is 0 Å². The van der Waals surface area contributed by atoms with Crippen LogP contribution < -0.4 is 15.5 Å². The van der Waals surface area contributed by atoms with E-state index in [4.69, 9.17) is 4.98 Å². The Kier molecular flexibility index (Phi) is 4.50. The molecule has 1 atom stereocenters. The highest BCUT2D eigenvalue weighted by Gasteiger charge is 2.32. The Hall–Kier alpha value is -2.63. The van der Waals surface area contributed by atoms with E-state index >= 15 is 0 Å². The largest absolute Gasteiger partial charge is 0.352 e. The van der Waals surface area contributed by atoms with Crippen molar-refractivity contribution in [2.24, 2.45) is 0 Å². The average molecular weight is 337 g/mol. The first-order chi connectivity index (χ1) is 12.3. The van der Waals surface area contributed by atoms with E-state index in [2.05, 4.69) is 20.5 Å². The average Bonchev–Trinajstić information content (AvgIpc) is 3.15. The Morgan fingerprint density at radius 1 is 1.12 bits per heavy atom. The van der Waals surface area contributed by atoms with E-state index in [0.29, 0.717) is 18.5 Å². The summed E-state index contributed by atoms with van der Waals surface area (Å²) >= 11 is 0. The summed E-state index contributed by atoms with van der Waals surface area (Å²) in [5.74, 6) is 1.46. The third-order valence-electron chi connectivity index (χ3n) is 4.95. The van der Waals surface area contributed by atoms with Gasteiger partial charge in [-0.25, -0.2) is 4.98 Å². The van der Waals surface area contributed by atoms with Crippen molar-refractivity contribution in [3.05, 3.63) is 48.2 Å². The number of benzene rings is 1. The van der Waals surface area contributed by atoms with Crippen molar-refractivity contribution >= 4 is 17.7 Å². The van der Waals surface area contributed by atoms with Crippen molar-refractivity contribution in [2.45, 2.75) is 37.8 Å². The minimum Gasteiger partial charge on any atom is -0.352 e. The number of anilines is 2.